The van der Waals surface area contributed by atoms with Crippen LogP contribution in [0.15, 0.2) is 48.6 Å². The van der Waals surface area contributed by atoms with Crippen molar-refractivity contribution in [1.29, 1.82) is 0 Å². The topological polar surface area (TPSA) is 80.9 Å². The van der Waals surface area contributed by atoms with Crippen LogP contribution in [0.1, 0.15) is 89.9 Å². The molecule has 4 heteroatoms. The number of allylic oxidation sites excluding steroid dienone is 4. The molecule has 6 aliphatic rings. The van der Waals surface area contributed by atoms with Crippen molar-refractivity contribution in [3.8, 4) is 0 Å². The molecule has 0 unspecified atom stereocenters. The Kier molecular flexibility index (Phi) is 5.41. The van der Waals surface area contributed by atoms with Gasteiger partial charge in [0.2, 0.25) is 0 Å². The van der Waals surface area contributed by atoms with Crippen LogP contribution < -0.4 is 0 Å². The normalized spacial score (nSPS) is 44.9. The molecule has 0 aliphatic heterocycles. The molecule has 4 nitrogen and oxygen atoms in total. The zero-order valence-electron chi connectivity index (χ0n) is 19.3. The number of aliphatic hydroxyl groups is 4. The highest BCUT2D eigenvalue weighted by atomic mass is 16.3. The van der Waals surface area contributed by atoms with E-state index in [-0.39, 0.29) is 10.8 Å². The van der Waals surface area contributed by atoms with E-state index in [1.54, 1.807) is 0 Å². The molecule has 6 aliphatic carbocycles. The zero-order valence-corrected chi connectivity index (χ0v) is 19.3. The molecule has 176 valence electrons. The first kappa shape index (κ1) is 22.6. The van der Waals surface area contributed by atoms with Crippen LogP contribution in [0.4, 0.5) is 0 Å². The lowest BCUT2D eigenvalue weighted by Gasteiger charge is -2.57. The zero-order chi connectivity index (χ0) is 22.6. The molecule has 32 heavy (non-hydrogen) atoms. The van der Waals surface area contributed by atoms with Crippen LogP contribution >= 0.6 is 0 Å². The second-order valence-electron chi connectivity index (χ2n) is 11.5. The maximum atomic E-state index is 10.9. The predicted molar refractivity (Wildman–Crippen MR) is 126 cm³/mol. The molecule has 2 saturated carbocycles. The van der Waals surface area contributed by atoms with E-state index in [9.17, 15) is 20.4 Å². The van der Waals surface area contributed by atoms with Crippen molar-refractivity contribution in [2.24, 2.45) is 10.8 Å². The van der Waals surface area contributed by atoms with Gasteiger partial charge in [0.05, 0.1) is 22.4 Å². The van der Waals surface area contributed by atoms with Crippen molar-refractivity contribution in [1.82, 2.24) is 0 Å². The van der Waals surface area contributed by atoms with Gasteiger partial charge >= 0.3 is 0 Å². The third kappa shape index (κ3) is 2.95. The van der Waals surface area contributed by atoms with Gasteiger partial charge in [-0.15, -0.1) is 0 Å². The standard InChI is InChI=1S/2C14H20O2/c2*15-13-8-3-4-9-14(16,11-5-10-13)12(13)6-1-2-7-12/h2*1-4,15-16H,5-11H2/t2*13-,14+. The lowest BCUT2D eigenvalue weighted by atomic mass is 9.53. The van der Waals surface area contributed by atoms with Crippen LogP contribution in [0.25, 0.3) is 0 Å². The molecule has 0 aromatic rings. The molecule has 4 atom stereocenters. The molecule has 4 N–H and O–H groups in total. The van der Waals surface area contributed by atoms with E-state index in [0.29, 0.717) is 25.7 Å². The van der Waals surface area contributed by atoms with E-state index in [2.05, 4.69) is 48.6 Å². The van der Waals surface area contributed by atoms with Crippen molar-refractivity contribution in [2.75, 3.05) is 0 Å². The average Bonchev–Trinajstić information content (AvgIpc) is 3.43. The molecule has 0 amide bonds. The lowest BCUT2D eigenvalue weighted by molar-refractivity contribution is -0.216. The van der Waals surface area contributed by atoms with Crippen LogP contribution in [-0.4, -0.2) is 42.8 Å². The Hall–Kier alpha value is -1.20. The summed E-state index contributed by atoms with van der Waals surface area (Å²) in [6.45, 7) is 0. The number of rotatable bonds is 0. The van der Waals surface area contributed by atoms with Gasteiger partial charge < -0.3 is 20.4 Å². The Labute approximate surface area is 192 Å². The van der Waals surface area contributed by atoms with Gasteiger partial charge in [-0.2, -0.15) is 0 Å². The van der Waals surface area contributed by atoms with E-state index >= 15 is 0 Å². The van der Waals surface area contributed by atoms with E-state index in [0.717, 1.165) is 64.2 Å². The molecule has 2 spiro atoms. The minimum Gasteiger partial charge on any atom is -0.389 e. The van der Waals surface area contributed by atoms with E-state index in [1.165, 1.54) is 0 Å². The van der Waals surface area contributed by atoms with Gasteiger partial charge in [-0.05, 0) is 89.9 Å². The maximum Gasteiger partial charge on any atom is 0.0771 e. The van der Waals surface area contributed by atoms with Gasteiger partial charge in [0.25, 0.3) is 0 Å². The first-order valence-electron chi connectivity index (χ1n) is 12.7. The van der Waals surface area contributed by atoms with Crippen molar-refractivity contribution < 1.29 is 20.4 Å². The molecule has 0 saturated heterocycles. The van der Waals surface area contributed by atoms with Gasteiger partial charge in [0.1, 0.15) is 0 Å². The molecule has 2 fully saturated rings. The van der Waals surface area contributed by atoms with Crippen LogP contribution in [0.2, 0.25) is 0 Å². The van der Waals surface area contributed by atoms with Crippen LogP contribution in [0, 0.1) is 10.8 Å². The largest absolute Gasteiger partial charge is 0.389 e. The van der Waals surface area contributed by atoms with Crippen LogP contribution in [-0.2, 0) is 0 Å². The maximum absolute atomic E-state index is 10.9. The van der Waals surface area contributed by atoms with Crippen molar-refractivity contribution >= 4 is 0 Å². The molecular weight excluding hydrogens is 400 g/mol. The Morgan fingerprint density at radius 2 is 0.562 bits per heavy atom. The van der Waals surface area contributed by atoms with Crippen molar-refractivity contribution in [3.05, 3.63) is 48.6 Å². The van der Waals surface area contributed by atoms with Gasteiger partial charge in [-0.3, -0.25) is 0 Å². The Morgan fingerprint density at radius 3 is 0.812 bits per heavy atom. The predicted octanol–water partition coefficient (Wildman–Crippen LogP) is 4.64. The number of hydrogen-bond acceptors (Lipinski definition) is 4. The summed E-state index contributed by atoms with van der Waals surface area (Å²) in [4.78, 5) is 0. The molecular formula is C28H40O4. The Bertz CT molecular complexity index is 721. The van der Waals surface area contributed by atoms with Crippen LogP contribution in [0.5, 0.6) is 0 Å². The molecule has 0 aromatic heterocycles. The summed E-state index contributed by atoms with van der Waals surface area (Å²) >= 11 is 0. The summed E-state index contributed by atoms with van der Waals surface area (Å²) in [5.74, 6) is 0. The summed E-state index contributed by atoms with van der Waals surface area (Å²) in [6, 6.07) is 0. The summed E-state index contributed by atoms with van der Waals surface area (Å²) < 4.78 is 0. The summed E-state index contributed by atoms with van der Waals surface area (Å²) in [5, 5.41) is 43.8. The number of hydrogen-bond donors (Lipinski definition) is 4. The minimum atomic E-state index is -0.698. The highest BCUT2D eigenvalue weighted by Gasteiger charge is 2.64. The first-order chi connectivity index (χ1) is 15.2. The van der Waals surface area contributed by atoms with Gasteiger partial charge in [0.15, 0.2) is 0 Å². The summed E-state index contributed by atoms with van der Waals surface area (Å²) in [7, 11) is 0. The second kappa shape index (κ2) is 7.66. The molecule has 0 radical (unpaired) electrons. The summed E-state index contributed by atoms with van der Waals surface area (Å²) in [6.07, 6.45) is 28.1. The fourth-order valence-electron chi connectivity index (χ4n) is 8.30. The van der Waals surface area contributed by atoms with Crippen LogP contribution in [0.3, 0.4) is 0 Å². The monoisotopic (exact) mass is 440 g/mol. The third-order valence-electron chi connectivity index (χ3n) is 10.3. The van der Waals surface area contributed by atoms with Gasteiger partial charge in [0, 0.05) is 10.8 Å². The lowest BCUT2D eigenvalue weighted by Crippen LogP contribution is -2.62. The molecule has 0 heterocycles. The van der Waals surface area contributed by atoms with E-state index < -0.39 is 22.4 Å². The van der Waals surface area contributed by atoms with E-state index in [1.807, 2.05) is 0 Å². The summed E-state index contributed by atoms with van der Waals surface area (Å²) in [5.41, 5.74) is -3.43. The first-order valence-corrected chi connectivity index (χ1v) is 12.7. The fraction of sp³-hybridized carbons (Fsp3) is 0.714. The highest BCUT2D eigenvalue weighted by Crippen LogP contribution is 2.62. The minimum absolute atomic E-state index is 0.318. The van der Waals surface area contributed by atoms with Crippen molar-refractivity contribution in [2.45, 2.75) is 112 Å². The SMILES string of the molecule is O[C@]12CC=CC[C@](O)(CCC1)C21CC=CC1.O[C@]12CC=CC[C@](O)(CCC1)C21CC=CC1. The van der Waals surface area contributed by atoms with E-state index in [4.69, 9.17) is 0 Å². The Balaban J connectivity index is 0.000000135. The van der Waals surface area contributed by atoms with Gasteiger partial charge in [-0.25, -0.2) is 0 Å². The van der Waals surface area contributed by atoms with Gasteiger partial charge in [-0.1, -0.05) is 48.6 Å². The smallest absolute Gasteiger partial charge is 0.0771 e. The highest BCUT2D eigenvalue weighted by molar-refractivity contribution is 5.26. The Morgan fingerprint density at radius 1 is 0.344 bits per heavy atom. The quantitative estimate of drug-likeness (QED) is 0.414. The third-order valence-corrected chi connectivity index (χ3v) is 10.3. The fourth-order valence-corrected chi connectivity index (χ4v) is 8.30. The average molecular weight is 441 g/mol. The van der Waals surface area contributed by atoms with Crippen molar-refractivity contribution in [3.63, 3.8) is 0 Å². The second-order valence-corrected chi connectivity index (χ2v) is 11.5. The molecule has 6 rings (SSSR count). The molecule has 0 aromatic carbocycles. The molecule has 4 bridgehead atoms.